The highest BCUT2D eigenvalue weighted by molar-refractivity contribution is 14.0. The van der Waals surface area contributed by atoms with Crippen LogP contribution in [0.15, 0.2) is 41.4 Å². The van der Waals surface area contributed by atoms with Crippen molar-refractivity contribution in [1.29, 1.82) is 0 Å². The summed E-state index contributed by atoms with van der Waals surface area (Å²) in [5, 5.41) is 16.1. The van der Waals surface area contributed by atoms with Gasteiger partial charge in [-0.2, -0.15) is 0 Å². The number of aliphatic imine (C=N–C) groups is 1. The Morgan fingerprint density at radius 3 is 2.37 bits per heavy atom. The molecule has 166 valence electrons. The molecule has 0 spiro atoms. The van der Waals surface area contributed by atoms with Crippen molar-refractivity contribution in [3.05, 3.63) is 51.7 Å². The molecule has 1 aromatic carbocycles. The van der Waals surface area contributed by atoms with E-state index in [2.05, 4.69) is 65.8 Å². The van der Waals surface area contributed by atoms with Gasteiger partial charge in [0, 0.05) is 41.7 Å². The zero-order valence-electron chi connectivity index (χ0n) is 18.1. The predicted octanol–water partition coefficient (Wildman–Crippen LogP) is 4.39. The van der Waals surface area contributed by atoms with E-state index in [1.165, 1.54) is 21.0 Å². The van der Waals surface area contributed by atoms with Crippen LogP contribution in [-0.2, 0) is 19.5 Å². The van der Waals surface area contributed by atoms with E-state index in [0.717, 1.165) is 51.4 Å². The zero-order valence-corrected chi connectivity index (χ0v) is 21.2. The fourth-order valence-electron chi connectivity index (χ4n) is 3.58. The first-order valence-electron chi connectivity index (χ1n) is 10.8. The van der Waals surface area contributed by atoms with Crippen LogP contribution in [0.1, 0.15) is 42.0 Å². The summed E-state index contributed by atoms with van der Waals surface area (Å²) in [6.07, 6.45) is 3.24. The Morgan fingerprint density at radius 2 is 1.77 bits per heavy atom. The second-order valence-electron chi connectivity index (χ2n) is 7.55. The lowest BCUT2D eigenvalue weighted by Gasteiger charge is -2.32. The molecule has 0 unspecified atom stereocenters. The molecule has 0 atom stereocenters. The zero-order chi connectivity index (χ0) is 20.5. The summed E-state index contributed by atoms with van der Waals surface area (Å²) < 4.78 is 0. The highest BCUT2D eigenvalue weighted by Gasteiger charge is 2.18. The molecule has 7 heteroatoms. The molecule has 2 heterocycles. The summed E-state index contributed by atoms with van der Waals surface area (Å²) in [6.45, 7) is 8.97. The first kappa shape index (κ1) is 24.9. The Balaban J connectivity index is 0.00000320. The minimum absolute atomic E-state index is 0. The number of anilines is 1. The molecule has 0 aliphatic carbocycles. The molecule has 0 amide bonds. The van der Waals surface area contributed by atoms with E-state index in [4.69, 9.17) is 4.99 Å². The molecule has 30 heavy (non-hydrogen) atoms. The SMILES string of the molecule is CCNC(=NCc1ccc(N2CCC(CO)CC2)cc1)NCc1ccc(CC)s1.I. The maximum Gasteiger partial charge on any atom is 0.191 e. The van der Waals surface area contributed by atoms with Crippen LogP contribution >= 0.6 is 35.3 Å². The van der Waals surface area contributed by atoms with Crippen LogP contribution in [0.25, 0.3) is 0 Å². The summed E-state index contributed by atoms with van der Waals surface area (Å²) in [5.41, 5.74) is 2.48. The van der Waals surface area contributed by atoms with Gasteiger partial charge in [-0.3, -0.25) is 0 Å². The highest BCUT2D eigenvalue weighted by Crippen LogP contribution is 2.23. The Labute approximate surface area is 202 Å². The lowest BCUT2D eigenvalue weighted by Crippen LogP contribution is -2.36. The first-order chi connectivity index (χ1) is 14.2. The Morgan fingerprint density at radius 1 is 1.07 bits per heavy atom. The number of nitrogens with zero attached hydrogens (tertiary/aromatic N) is 2. The van der Waals surface area contributed by atoms with E-state index in [9.17, 15) is 5.11 Å². The summed E-state index contributed by atoms with van der Waals surface area (Å²) in [6, 6.07) is 13.1. The number of thiophene rings is 1. The predicted molar refractivity (Wildman–Crippen MR) is 139 cm³/mol. The normalized spacial score (nSPS) is 15.0. The maximum absolute atomic E-state index is 9.30. The number of piperidine rings is 1. The molecule has 1 aromatic heterocycles. The fourth-order valence-corrected chi connectivity index (χ4v) is 4.47. The molecule has 1 aliphatic rings. The van der Waals surface area contributed by atoms with Crippen molar-refractivity contribution in [2.45, 2.75) is 46.2 Å². The molecule has 0 saturated carbocycles. The molecule has 0 radical (unpaired) electrons. The van der Waals surface area contributed by atoms with Crippen molar-refractivity contribution in [3.63, 3.8) is 0 Å². The molecule has 1 aliphatic heterocycles. The topological polar surface area (TPSA) is 59.9 Å². The quantitative estimate of drug-likeness (QED) is 0.263. The molecular formula is C23H35IN4OS. The molecule has 0 bridgehead atoms. The minimum atomic E-state index is 0. The van der Waals surface area contributed by atoms with Gasteiger partial charge >= 0.3 is 0 Å². The summed E-state index contributed by atoms with van der Waals surface area (Å²) in [5.74, 6) is 1.33. The van der Waals surface area contributed by atoms with Gasteiger partial charge in [0.2, 0.25) is 0 Å². The number of rotatable bonds is 8. The van der Waals surface area contributed by atoms with Gasteiger partial charge in [-0.25, -0.2) is 4.99 Å². The molecule has 3 rings (SSSR count). The van der Waals surface area contributed by atoms with E-state index < -0.39 is 0 Å². The fraction of sp³-hybridized carbons (Fsp3) is 0.522. The second kappa shape index (κ2) is 13.2. The van der Waals surface area contributed by atoms with Crippen LogP contribution in [0.3, 0.4) is 0 Å². The monoisotopic (exact) mass is 542 g/mol. The van der Waals surface area contributed by atoms with Crippen molar-refractivity contribution < 1.29 is 5.11 Å². The third-order valence-electron chi connectivity index (χ3n) is 5.43. The van der Waals surface area contributed by atoms with Crippen LogP contribution in [0.5, 0.6) is 0 Å². The smallest absolute Gasteiger partial charge is 0.191 e. The van der Waals surface area contributed by atoms with Crippen molar-refractivity contribution in [3.8, 4) is 0 Å². The van der Waals surface area contributed by atoms with Crippen molar-refractivity contribution in [1.82, 2.24) is 10.6 Å². The number of aryl methyl sites for hydroxylation is 1. The lowest BCUT2D eigenvalue weighted by molar-refractivity contribution is 0.203. The van der Waals surface area contributed by atoms with Gasteiger partial charge in [-0.15, -0.1) is 35.3 Å². The van der Waals surface area contributed by atoms with Crippen LogP contribution in [0.2, 0.25) is 0 Å². The first-order valence-corrected chi connectivity index (χ1v) is 11.6. The second-order valence-corrected chi connectivity index (χ2v) is 8.80. The molecule has 1 saturated heterocycles. The van der Waals surface area contributed by atoms with E-state index in [1.807, 2.05) is 11.3 Å². The van der Waals surface area contributed by atoms with E-state index in [1.54, 1.807) is 0 Å². The van der Waals surface area contributed by atoms with Crippen molar-refractivity contribution in [2.24, 2.45) is 10.9 Å². The minimum Gasteiger partial charge on any atom is -0.396 e. The Kier molecular flexibility index (Phi) is 11.0. The number of guanidine groups is 1. The number of halogens is 1. The summed E-state index contributed by atoms with van der Waals surface area (Å²) in [7, 11) is 0. The number of benzene rings is 1. The molecule has 5 nitrogen and oxygen atoms in total. The summed E-state index contributed by atoms with van der Waals surface area (Å²) in [4.78, 5) is 9.92. The van der Waals surface area contributed by atoms with Gasteiger partial charge in [-0.05, 0) is 61.9 Å². The average Bonchev–Trinajstić information content (AvgIpc) is 3.24. The number of aliphatic hydroxyl groups is 1. The van der Waals surface area contributed by atoms with Crippen LogP contribution in [-0.4, -0.2) is 37.3 Å². The van der Waals surface area contributed by atoms with Crippen molar-refractivity contribution in [2.75, 3.05) is 31.1 Å². The number of hydrogen-bond donors (Lipinski definition) is 3. The van der Waals surface area contributed by atoms with Gasteiger partial charge < -0.3 is 20.6 Å². The van der Waals surface area contributed by atoms with E-state index in [0.29, 0.717) is 19.1 Å². The highest BCUT2D eigenvalue weighted by atomic mass is 127. The van der Waals surface area contributed by atoms with Gasteiger partial charge in [0.25, 0.3) is 0 Å². The molecule has 3 N–H and O–H groups in total. The average molecular weight is 543 g/mol. The van der Waals surface area contributed by atoms with Crippen LogP contribution in [0.4, 0.5) is 5.69 Å². The van der Waals surface area contributed by atoms with Gasteiger partial charge in [0.05, 0.1) is 13.1 Å². The number of aliphatic hydroxyl groups excluding tert-OH is 1. The molecular weight excluding hydrogens is 507 g/mol. The Bertz CT molecular complexity index is 770. The van der Waals surface area contributed by atoms with Gasteiger partial charge in [0.15, 0.2) is 5.96 Å². The molecule has 1 fully saturated rings. The van der Waals surface area contributed by atoms with E-state index in [-0.39, 0.29) is 24.0 Å². The Hall–Kier alpha value is -1.32. The summed E-state index contributed by atoms with van der Waals surface area (Å²) >= 11 is 1.86. The third kappa shape index (κ3) is 7.42. The van der Waals surface area contributed by atoms with E-state index >= 15 is 0 Å². The van der Waals surface area contributed by atoms with Gasteiger partial charge in [0.1, 0.15) is 0 Å². The van der Waals surface area contributed by atoms with Gasteiger partial charge in [-0.1, -0.05) is 19.1 Å². The number of hydrogen-bond acceptors (Lipinski definition) is 4. The third-order valence-corrected chi connectivity index (χ3v) is 6.66. The number of nitrogens with one attached hydrogen (secondary N) is 2. The van der Waals surface area contributed by atoms with Crippen LogP contribution < -0.4 is 15.5 Å². The molecule has 2 aromatic rings. The largest absolute Gasteiger partial charge is 0.396 e. The lowest BCUT2D eigenvalue weighted by atomic mass is 9.97. The standard InChI is InChI=1S/C23H34N4OS.HI/c1-3-21-9-10-22(29-21)16-26-23(24-4-2)25-15-18-5-7-20(8-6-18)27-13-11-19(17-28)12-14-27;/h5-10,19,28H,3-4,11-17H2,1-2H3,(H2,24,25,26);1H. The van der Waals surface area contributed by atoms with Crippen LogP contribution in [0, 0.1) is 5.92 Å². The van der Waals surface area contributed by atoms with Crippen molar-refractivity contribution >= 4 is 47.0 Å². The maximum atomic E-state index is 9.30.